The zero-order valence-electron chi connectivity index (χ0n) is 12.0. The summed E-state index contributed by atoms with van der Waals surface area (Å²) in [6.45, 7) is 1.73. The van der Waals surface area contributed by atoms with Crippen molar-refractivity contribution in [2.24, 2.45) is 0 Å². The zero-order valence-corrected chi connectivity index (χ0v) is 12.0. The molecule has 2 aromatic rings. The SMILES string of the molecule is CCOC(=O)c1ccc(-c2ccccc2OC(F)(F)F)c(F)c1. The number of benzene rings is 2. The molecule has 0 aliphatic rings. The highest BCUT2D eigenvalue weighted by atomic mass is 19.4. The van der Waals surface area contributed by atoms with Crippen molar-refractivity contribution in [2.45, 2.75) is 13.3 Å². The van der Waals surface area contributed by atoms with E-state index in [9.17, 15) is 22.4 Å². The van der Waals surface area contributed by atoms with Crippen LogP contribution in [0, 0.1) is 5.82 Å². The largest absolute Gasteiger partial charge is 0.573 e. The Labute approximate surface area is 129 Å². The van der Waals surface area contributed by atoms with Gasteiger partial charge in [0, 0.05) is 11.1 Å². The van der Waals surface area contributed by atoms with Gasteiger partial charge in [-0.3, -0.25) is 0 Å². The molecule has 0 heterocycles. The molecule has 0 unspecified atom stereocenters. The Morgan fingerprint density at radius 2 is 1.78 bits per heavy atom. The van der Waals surface area contributed by atoms with E-state index in [1.165, 1.54) is 30.3 Å². The minimum Gasteiger partial charge on any atom is -0.462 e. The van der Waals surface area contributed by atoms with Gasteiger partial charge in [-0.2, -0.15) is 0 Å². The lowest BCUT2D eigenvalue weighted by Crippen LogP contribution is -2.17. The van der Waals surface area contributed by atoms with E-state index in [1.54, 1.807) is 6.92 Å². The molecule has 23 heavy (non-hydrogen) atoms. The first-order chi connectivity index (χ1) is 10.8. The van der Waals surface area contributed by atoms with Crippen LogP contribution in [0.1, 0.15) is 17.3 Å². The Bertz CT molecular complexity index is 711. The van der Waals surface area contributed by atoms with Crippen molar-refractivity contribution in [3.8, 4) is 16.9 Å². The van der Waals surface area contributed by atoms with Gasteiger partial charge in [0.2, 0.25) is 0 Å². The van der Waals surface area contributed by atoms with Gasteiger partial charge >= 0.3 is 12.3 Å². The van der Waals surface area contributed by atoms with Crippen LogP contribution >= 0.6 is 0 Å². The van der Waals surface area contributed by atoms with Crippen molar-refractivity contribution in [1.29, 1.82) is 0 Å². The van der Waals surface area contributed by atoms with Gasteiger partial charge in [-0.05, 0) is 25.1 Å². The monoisotopic (exact) mass is 328 g/mol. The number of rotatable bonds is 4. The summed E-state index contributed by atoms with van der Waals surface area (Å²) in [7, 11) is 0. The molecule has 0 spiro atoms. The number of hydrogen-bond acceptors (Lipinski definition) is 3. The van der Waals surface area contributed by atoms with Gasteiger partial charge in [-0.1, -0.05) is 24.3 Å². The van der Waals surface area contributed by atoms with Crippen LogP contribution in [0.15, 0.2) is 42.5 Å². The number of carbonyl (C=O) groups excluding carboxylic acids is 1. The lowest BCUT2D eigenvalue weighted by molar-refractivity contribution is -0.274. The number of esters is 1. The van der Waals surface area contributed by atoms with E-state index in [-0.39, 0.29) is 23.3 Å². The third-order valence-corrected chi connectivity index (χ3v) is 2.88. The lowest BCUT2D eigenvalue weighted by Gasteiger charge is -2.14. The second kappa shape index (κ2) is 6.68. The number of carbonyl (C=O) groups is 1. The van der Waals surface area contributed by atoms with Gasteiger partial charge in [0.15, 0.2) is 0 Å². The van der Waals surface area contributed by atoms with Crippen molar-refractivity contribution in [3.63, 3.8) is 0 Å². The molecule has 0 bridgehead atoms. The van der Waals surface area contributed by atoms with Gasteiger partial charge in [0.25, 0.3) is 0 Å². The van der Waals surface area contributed by atoms with E-state index in [4.69, 9.17) is 4.74 Å². The Hall–Kier alpha value is -2.57. The molecule has 0 aliphatic carbocycles. The molecule has 0 aliphatic heterocycles. The predicted octanol–water partition coefficient (Wildman–Crippen LogP) is 4.57. The molecule has 2 rings (SSSR count). The molecular weight excluding hydrogens is 316 g/mol. The van der Waals surface area contributed by atoms with Crippen molar-refractivity contribution in [2.75, 3.05) is 6.61 Å². The van der Waals surface area contributed by atoms with Gasteiger partial charge in [0.1, 0.15) is 11.6 Å². The molecule has 0 fully saturated rings. The zero-order chi connectivity index (χ0) is 17.0. The normalized spacial score (nSPS) is 11.2. The summed E-state index contributed by atoms with van der Waals surface area (Å²) in [6.07, 6.45) is -4.89. The molecule has 0 saturated carbocycles. The quantitative estimate of drug-likeness (QED) is 0.609. The van der Waals surface area contributed by atoms with Crippen LogP contribution in [-0.4, -0.2) is 18.9 Å². The van der Waals surface area contributed by atoms with E-state index < -0.39 is 23.9 Å². The molecule has 7 heteroatoms. The molecule has 0 N–H and O–H groups in total. The highest BCUT2D eigenvalue weighted by molar-refractivity contribution is 5.90. The van der Waals surface area contributed by atoms with E-state index >= 15 is 0 Å². The second-order valence-corrected chi connectivity index (χ2v) is 4.46. The fourth-order valence-electron chi connectivity index (χ4n) is 1.98. The summed E-state index contributed by atoms with van der Waals surface area (Å²) < 4.78 is 60.1. The maximum absolute atomic E-state index is 14.2. The fraction of sp³-hybridized carbons (Fsp3) is 0.188. The maximum atomic E-state index is 14.2. The summed E-state index contributed by atoms with van der Waals surface area (Å²) in [6, 6.07) is 8.58. The molecule has 0 atom stereocenters. The van der Waals surface area contributed by atoms with E-state index in [1.807, 2.05) is 0 Å². The van der Waals surface area contributed by atoms with Crippen LogP contribution < -0.4 is 4.74 Å². The van der Waals surface area contributed by atoms with Crippen LogP contribution in [-0.2, 0) is 4.74 Å². The number of para-hydroxylation sites is 1. The number of halogens is 4. The fourth-order valence-corrected chi connectivity index (χ4v) is 1.98. The Kier molecular flexibility index (Phi) is 4.88. The third kappa shape index (κ3) is 4.21. The van der Waals surface area contributed by atoms with Crippen LogP contribution in [0.5, 0.6) is 5.75 Å². The first-order valence-corrected chi connectivity index (χ1v) is 6.63. The molecule has 0 aromatic heterocycles. The van der Waals surface area contributed by atoms with Crippen LogP contribution in [0.25, 0.3) is 11.1 Å². The average molecular weight is 328 g/mol. The minimum absolute atomic E-state index is 0.0256. The number of ether oxygens (including phenoxy) is 2. The van der Waals surface area contributed by atoms with Gasteiger partial charge in [0.05, 0.1) is 12.2 Å². The highest BCUT2D eigenvalue weighted by Crippen LogP contribution is 2.35. The van der Waals surface area contributed by atoms with Crippen molar-refractivity contribution in [3.05, 3.63) is 53.8 Å². The average Bonchev–Trinajstić information content (AvgIpc) is 2.47. The Morgan fingerprint density at radius 1 is 1.09 bits per heavy atom. The molecule has 0 saturated heterocycles. The van der Waals surface area contributed by atoms with Crippen molar-refractivity contribution < 1.29 is 31.8 Å². The molecular formula is C16H12F4O3. The first kappa shape index (κ1) is 16.8. The molecule has 0 amide bonds. The van der Waals surface area contributed by atoms with Gasteiger partial charge in [-0.25, -0.2) is 9.18 Å². The van der Waals surface area contributed by atoms with Crippen LogP contribution in [0.3, 0.4) is 0 Å². The summed E-state index contributed by atoms with van der Waals surface area (Å²) in [5, 5.41) is 0. The van der Waals surface area contributed by atoms with Gasteiger partial charge < -0.3 is 9.47 Å². The predicted molar refractivity (Wildman–Crippen MR) is 74.5 cm³/mol. The van der Waals surface area contributed by atoms with Crippen LogP contribution in [0.4, 0.5) is 17.6 Å². The van der Waals surface area contributed by atoms with E-state index in [0.717, 1.165) is 12.1 Å². The minimum atomic E-state index is -4.89. The second-order valence-electron chi connectivity index (χ2n) is 4.46. The van der Waals surface area contributed by atoms with E-state index in [2.05, 4.69) is 4.74 Å². The molecule has 2 aromatic carbocycles. The van der Waals surface area contributed by atoms with E-state index in [0.29, 0.717) is 0 Å². The topological polar surface area (TPSA) is 35.5 Å². The molecule has 3 nitrogen and oxygen atoms in total. The number of hydrogen-bond donors (Lipinski definition) is 0. The van der Waals surface area contributed by atoms with Crippen molar-refractivity contribution in [1.82, 2.24) is 0 Å². The smallest absolute Gasteiger partial charge is 0.462 e. The lowest BCUT2D eigenvalue weighted by atomic mass is 10.0. The van der Waals surface area contributed by atoms with Crippen LogP contribution in [0.2, 0.25) is 0 Å². The third-order valence-electron chi connectivity index (χ3n) is 2.88. The Balaban J connectivity index is 2.41. The summed E-state index contributed by atoms with van der Waals surface area (Å²) in [4.78, 5) is 11.5. The summed E-state index contributed by atoms with van der Waals surface area (Å²) >= 11 is 0. The summed E-state index contributed by atoms with van der Waals surface area (Å²) in [5.74, 6) is -2.09. The highest BCUT2D eigenvalue weighted by Gasteiger charge is 2.32. The van der Waals surface area contributed by atoms with Crippen molar-refractivity contribution >= 4 is 5.97 Å². The van der Waals surface area contributed by atoms with Gasteiger partial charge in [-0.15, -0.1) is 13.2 Å². The maximum Gasteiger partial charge on any atom is 0.573 e. The Morgan fingerprint density at radius 3 is 2.39 bits per heavy atom. The summed E-state index contributed by atoms with van der Waals surface area (Å²) in [5.41, 5.74) is -0.210. The standard InChI is InChI=1S/C16H12F4O3/c1-2-22-15(21)10-7-8-11(13(17)9-10)12-5-3-4-6-14(12)23-16(18,19)20/h3-9H,2H2,1H3. The first-order valence-electron chi connectivity index (χ1n) is 6.63. The molecule has 0 radical (unpaired) electrons. The number of alkyl halides is 3. The molecule has 122 valence electrons.